The first-order chi connectivity index (χ1) is 15.3. The van der Waals surface area contributed by atoms with Gasteiger partial charge in [0.25, 0.3) is 11.5 Å². The first kappa shape index (κ1) is 23.1. The third kappa shape index (κ3) is 5.77. The molecule has 0 aliphatic rings. The third-order valence-corrected chi connectivity index (χ3v) is 5.15. The zero-order valence-electron chi connectivity index (χ0n) is 16.6. The number of nitrogens with one attached hydrogen (secondary N) is 3. The topological polar surface area (TPSA) is 139 Å². The fourth-order valence-electron chi connectivity index (χ4n) is 2.54. The Bertz CT molecular complexity index is 1220. The molecule has 0 fully saturated rings. The normalized spacial score (nSPS) is 10.5. The van der Waals surface area contributed by atoms with E-state index in [1.54, 1.807) is 18.2 Å². The van der Waals surface area contributed by atoms with E-state index in [-0.39, 0.29) is 28.0 Å². The second-order valence-corrected chi connectivity index (χ2v) is 7.67. The Labute approximate surface area is 190 Å². The second-order valence-electron chi connectivity index (χ2n) is 6.27. The standard InChI is InChI=1S/C20H17ClFN5O4S/c1-31-14-7-4-11(21)8-13(14)24-15(28)9-32-20-26-17(23)16(19(30)27-20)25-18(29)10-2-5-12(22)6-3-10/h2-8H,9H2,1H3,(H,24,28)(H,25,29)(H3,23,26,27,30). The van der Waals surface area contributed by atoms with Crippen LogP contribution in [0.4, 0.5) is 21.6 Å². The van der Waals surface area contributed by atoms with E-state index in [1.807, 2.05) is 0 Å². The lowest BCUT2D eigenvalue weighted by atomic mass is 10.2. The molecule has 1 heterocycles. The van der Waals surface area contributed by atoms with Crippen molar-refractivity contribution in [1.29, 1.82) is 0 Å². The molecule has 2 amide bonds. The summed E-state index contributed by atoms with van der Waals surface area (Å²) in [7, 11) is 1.46. The van der Waals surface area contributed by atoms with Gasteiger partial charge in [0.05, 0.1) is 18.6 Å². The quantitative estimate of drug-likeness (QED) is 0.303. The molecule has 0 bridgehead atoms. The number of nitrogens with zero attached hydrogens (tertiary/aromatic N) is 1. The van der Waals surface area contributed by atoms with E-state index in [4.69, 9.17) is 22.1 Å². The summed E-state index contributed by atoms with van der Waals surface area (Å²) in [4.78, 5) is 43.3. The van der Waals surface area contributed by atoms with Crippen LogP contribution < -0.4 is 26.7 Å². The minimum absolute atomic E-state index is 0.0838. The monoisotopic (exact) mass is 477 g/mol. The first-order valence-corrected chi connectivity index (χ1v) is 10.4. The third-order valence-electron chi connectivity index (χ3n) is 4.05. The number of thioether (sulfide) groups is 1. The molecule has 0 radical (unpaired) electrons. The van der Waals surface area contributed by atoms with Crippen molar-refractivity contribution in [3.8, 4) is 5.75 Å². The number of carbonyl (C=O) groups is 2. The van der Waals surface area contributed by atoms with Crippen LogP contribution in [0.3, 0.4) is 0 Å². The number of methoxy groups -OCH3 is 1. The van der Waals surface area contributed by atoms with Gasteiger partial charge in [-0.25, -0.2) is 9.37 Å². The highest BCUT2D eigenvalue weighted by molar-refractivity contribution is 7.99. The number of rotatable bonds is 7. The predicted octanol–water partition coefficient (Wildman–Crippen LogP) is 3.14. The van der Waals surface area contributed by atoms with Crippen molar-refractivity contribution in [3.05, 3.63) is 69.2 Å². The lowest BCUT2D eigenvalue weighted by Gasteiger charge is -2.11. The number of benzene rings is 2. The van der Waals surface area contributed by atoms with E-state index < -0.39 is 23.2 Å². The Morgan fingerprint density at radius 1 is 1.22 bits per heavy atom. The van der Waals surface area contributed by atoms with Crippen LogP contribution in [-0.4, -0.2) is 34.6 Å². The number of carbonyl (C=O) groups excluding carboxylic acids is 2. The van der Waals surface area contributed by atoms with E-state index in [0.717, 1.165) is 23.9 Å². The van der Waals surface area contributed by atoms with Crippen molar-refractivity contribution in [2.75, 3.05) is 29.2 Å². The van der Waals surface area contributed by atoms with Gasteiger partial charge in [-0.3, -0.25) is 19.4 Å². The van der Waals surface area contributed by atoms with Crippen molar-refractivity contribution >= 4 is 52.4 Å². The van der Waals surface area contributed by atoms with Gasteiger partial charge in [-0.15, -0.1) is 0 Å². The van der Waals surface area contributed by atoms with Gasteiger partial charge in [-0.05, 0) is 42.5 Å². The molecule has 0 saturated heterocycles. The Kier molecular flexibility index (Phi) is 7.33. The van der Waals surface area contributed by atoms with Crippen molar-refractivity contribution < 1.29 is 18.7 Å². The Balaban J connectivity index is 1.65. The highest BCUT2D eigenvalue weighted by Gasteiger charge is 2.15. The summed E-state index contributed by atoms with van der Waals surface area (Å²) in [5.41, 5.74) is 5.38. The molecule has 0 aliphatic heterocycles. The molecule has 12 heteroatoms. The van der Waals surface area contributed by atoms with Crippen molar-refractivity contribution in [3.63, 3.8) is 0 Å². The second kappa shape index (κ2) is 10.2. The van der Waals surface area contributed by atoms with Crippen LogP contribution in [0.2, 0.25) is 5.02 Å². The minimum atomic E-state index is -0.701. The van der Waals surface area contributed by atoms with E-state index in [0.29, 0.717) is 16.5 Å². The number of aromatic amines is 1. The van der Waals surface area contributed by atoms with Gasteiger partial charge in [0.1, 0.15) is 17.3 Å². The maximum absolute atomic E-state index is 13.0. The van der Waals surface area contributed by atoms with Crippen molar-refractivity contribution in [2.24, 2.45) is 0 Å². The number of H-pyrrole nitrogens is 1. The van der Waals surface area contributed by atoms with Gasteiger partial charge in [0, 0.05) is 10.6 Å². The summed E-state index contributed by atoms with van der Waals surface area (Å²) >= 11 is 6.87. The highest BCUT2D eigenvalue weighted by Crippen LogP contribution is 2.28. The van der Waals surface area contributed by atoms with E-state index in [2.05, 4.69) is 20.6 Å². The number of halogens is 2. The molecule has 0 aliphatic carbocycles. The van der Waals surface area contributed by atoms with Gasteiger partial charge in [-0.2, -0.15) is 0 Å². The molecule has 1 aromatic heterocycles. The number of ether oxygens (including phenoxy) is 1. The molecule has 32 heavy (non-hydrogen) atoms. The number of amides is 2. The minimum Gasteiger partial charge on any atom is -0.495 e. The predicted molar refractivity (Wildman–Crippen MR) is 121 cm³/mol. The van der Waals surface area contributed by atoms with Crippen LogP contribution in [0.15, 0.2) is 52.4 Å². The lowest BCUT2D eigenvalue weighted by Crippen LogP contribution is -2.23. The van der Waals surface area contributed by atoms with Crippen molar-refractivity contribution in [1.82, 2.24) is 9.97 Å². The number of aromatic nitrogens is 2. The Hall–Kier alpha value is -3.57. The van der Waals surface area contributed by atoms with Gasteiger partial charge in [-0.1, -0.05) is 23.4 Å². The van der Waals surface area contributed by atoms with Gasteiger partial charge >= 0.3 is 0 Å². The number of hydrogen-bond donors (Lipinski definition) is 4. The van der Waals surface area contributed by atoms with Gasteiger partial charge in [0.2, 0.25) is 5.91 Å². The van der Waals surface area contributed by atoms with Crippen LogP contribution in [0.5, 0.6) is 5.75 Å². The molecule has 9 nitrogen and oxygen atoms in total. The van der Waals surface area contributed by atoms with Crippen LogP contribution in [0.1, 0.15) is 10.4 Å². The lowest BCUT2D eigenvalue weighted by molar-refractivity contribution is -0.113. The highest BCUT2D eigenvalue weighted by atomic mass is 35.5. The van der Waals surface area contributed by atoms with Crippen LogP contribution in [0, 0.1) is 5.82 Å². The van der Waals surface area contributed by atoms with E-state index in [9.17, 15) is 18.8 Å². The summed E-state index contributed by atoms with van der Waals surface area (Å²) in [5.74, 6) is -1.45. The summed E-state index contributed by atoms with van der Waals surface area (Å²) in [5, 5.41) is 5.51. The molecule has 5 N–H and O–H groups in total. The van der Waals surface area contributed by atoms with Crippen LogP contribution >= 0.6 is 23.4 Å². The molecular weight excluding hydrogens is 461 g/mol. The Morgan fingerprint density at radius 2 is 1.94 bits per heavy atom. The molecule has 0 unspecified atom stereocenters. The number of nitrogen functional groups attached to an aromatic ring is 1. The van der Waals surface area contributed by atoms with Gasteiger partial charge < -0.3 is 21.1 Å². The SMILES string of the molecule is COc1ccc(Cl)cc1NC(=O)CSc1nc(N)c(NC(=O)c2ccc(F)cc2)c(=O)[nH]1. The van der Waals surface area contributed by atoms with E-state index >= 15 is 0 Å². The molecule has 0 atom stereocenters. The van der Waals surface area contributed by atoms with E-state index in [1.165, 1.54) is 19.2 Å². The zero-order valence-corrected chi connectivity index (χ0v) is 18.1. The molecule has 0 saturated carbocycles. The first-order valence-electron chi connectivity index (χ1n) is 8.99. The average molecular weight is 478 g/mol. The van der Waals surface area contributed by atoms with Gasteiger partial charge in [0.15, 0.2) is 11.0 Å². The number of nitrogens with two attached hydrogens (primary N) is 1. The van der Waals surface area contributed by atoms with Crippen LogP contribution in [0.25, 0.3) is 0 Å². The summed E-state index contributed by atoms with van der Waals surface area (Å²) in [6.45, 7) is 0. The maximum atomic E-state index is 13.0. The smallest absolute Gasteiger partial charge is 0.277 e. The molecule has 2 aromatic carbocycles. The maximum Gasteiger partial charge on any atom is 0.277 e. The fourth-order valence-corrected chi connectivity index (χ4v) is 3.38. The van der Waals surface area contributed by atoms with Crippen molar-refractivity contribution in [2.45, 2.75) is 5.16 Å². The number of anilines is 3. The molecule has 3 aromatic rings. The molecule has 166 valence electrons. The molecular formula is C20H17ClFN5O4S. The number of hydrogen-bond acceptors (Lipinski definition) is 7. The Morgan fingerprint density at radius 3 is 2.59 bits per heavy atom. The molecule has 3 rings (SSSR count). The summed E-state index contributed by atoms with van der Waals surface area (Å²) < 4.78 is 18.2. The average Bonchev–Trinajstić information content (AvgIpc) is 2.75. The van der Waals surface area contributed by atoms with Crippen LogP contribution in [-0.2, 0) is 4.79 Å². The summed E-state index contributed by atoms with van der Waals surface area (Å²) in [6.07, 6.45) is 0. The molecule has 0 spiro atoms. The zero-order chi connectivity index (χ0) is 23.3. The largest absolute Gasteiger partial charge is 0.495 e. The fraction of sp³-hybridized carbons (Fsp3) is 0.100. The summed E-state index contributed by atoms with van der Waals surface area (Å²) in [6, 6.07) is 9.54.